The molecule has 1 N–H and O–H groups in total. The number of aliphatic carboxylic acids is 1. The Morgan fingerprint density at radius 1 is 1.15 bits per heavy atom. The number of allylic oxidation sites excluding steroid dienone is 2. The van der Waals surface area contributed by atoms with Gasteiger partial charge < -0.3 is 5.11 Å². The molecule has 0 saturated heterocycles. The second kappa shape index (κ2) is 9.30. The van der Waals surface area contributed by atoms with Crippen LogP contribution in [0, 0.1) is 0 Å². The number of unbranched alkanes of at least 4 members (excludes halogenated alkanes) is 4. The third-order valence-corrected chi connectivity index (χ3v) is 1.90. The van der Waals surface area contributed by atoms with Crippen LogP contribution in [0.1, 0.15) is 51.9 Å². The first kappa shape index (κ1) is 12.2. The summed E-state index contributed by atoms with van der Waals surface area (Å²) in [6.45, 7) is 2.19. The number of hydrogen-bond donors (Lipinski definition) is 1. The summed E-state index contributed by atoms with van der Waals surface area (Å²) in [5.41, 5.74) is 0. The van der Waals surface area contributed by atoms with E-state index >= 15 is 0 Å². The van der Waals surface area contributed by atoms with E-state index < -0.39 is 5.97 Å². The minimum Gasteiger partial charge on any atom is -0.481 e. The van der Waals surface area contributed by atoms with E-state index in [1.165, 1.54) is 19.3 Å². The Labute approximate surface area is 80.7 Å². The fourth-order valence-corrected chi connectivity index (χ4v) is 1.12. The van der Waals surface area contributed by atoms with Crippen molar-refractivity contribution < 1.29 is 9.90 Å². The number of carboxylic acid groups (broad SMARTS) is 1. The normalized spacial score (nSPS) is 10.8. The molecule has 2 nitrogen and oxygen atoms in total. The predicted octanol–water partition coefficient (Wildman–Crippen LogP) is 3.38. The molecular formula is C11H20O2. The van der Waals surface area contributed by atoms with Gasteiger partial charge in [-0.25, -0.2) is 0 Å². The molecule has 76 valence electrons. The molecule has 0 aromatic carbocycles. The molecule has 0 radical (unpaired) electrons. The highest BCUT2D eigenvalue weighted by Crippen LogP contribution is 2.02. The van der Waals surface area contributed by atoms with Gasteiger partial charge >= 0.3 is 5.97 Å². The fourth-order valence-electron chi connectivity index (χ4n) is 1.12. The number of carbonyl (C=O) groups is 1. The van der Waals surface area contributed by atoms with Crippen molar-refractivity contribution in [3.05, 3.63) is 12.2 Å². The molecule has 0 atom stereocenters. The first-order chi connectivity index (χ1) is 6.27. The Morgan fingerprint density at radius 2 is 1.77 bits per heavy atom. The van der Waals surface area contributed by atoms with Crippen molar-refractivity contribution in [3.63, 3.8) is 0 Å². The first-order valence-electron chi connectivity index (χ1n) is 5.14. The van der Waals surface area contributed by atoms with Gasteiger partial charge in [0, 0.05) is 6.42 Å². The Balaban J connectivity index is 3.08. The third-order valence-electron chi connectivity index (χ3n) is 1.90. The van der Waals surface area contributed by atoms with E-state index in [1.54, 1.807) is 0 Å². The van der Waals surface area contributed by atoms with Crippen molar-refractivity contribution in [2.75, 3.05) is 0 Å². The maximum atomic E-state index is 10.1. The zero-order valence-corrected chi connectivity index (χ0v) is 8.46. The monoisotopic (exact) mass is 184 g/mol. The van der Waals surface area contributed by atoms with Crippen LogP contribution in [0.3, 0.4) is 0 Å². The van der Waals surface area contributed by atoms with Crippen LogP contribution in [0.4, 0.5) is 0 Å². The van der Waals surface area contributed by atoms with E-state index in [2.05, 4.69) is 19.1 Å². The SMILES string of the molecule is CCCCCC=CCCCC(=O)O. The summed E-state index contributed by atoms with van der Waals surface area (Å²) >= 11 is 0. The molecule has 0 bridgehead atoms. The predicted molar refractivity (Wildman–Crippen MR) is 54.8 cm³/mol. The highest BCUT2D eigenvalue weighted by Gasteiger charge is 1.92. The minimum atomic E-state index is -0.695. The lowest BCUT2D eigenvalue weighted by Crippen LogP contribution is -1.92. The number of carboxylic acids is 1. The molecular weight excluding hydrogens is 164 g/mol. The summed E-state index contributed by atoms with van der Waals surface area (Å²) < 4.78 is 0. The van der Waals surface area contributed by atoms with E-state index in [1.807, 2.05) is 0 Å². The maximum Gasteiger partial charge on any atom is 0.303 e. The van der Waals surface area contributed by atoms with Gasteiger partial charge in [-0.05, 0) is 25.7 Å². The van der Waals surface area contributed by atoms with Gasteiger partial charge in [-0.2, -0.15) is 0 Å². The zero-order chi connectivity index (χ0) is 9.94. The van der Waals surface area contributed by atoms with Gasteiger partial charge in [0.1, 0.15) is 0 Å². The van der Waals surface area contributed by atoms with Crippen LogP contribution in [0.5, 0.6) is 0 Å². The van der Waals surface area contributed by atoms with Gasteiger partial charge in [0.15, 0.2) is 0 Å². The van der Waals surface area contributed by atoms with E-state index in [9.17, 15) is 4.79 Å². The van der Waals surface area contributed by atoms with E-state index in [0.29, 0.717) is 6.42 Å². The summed E-state index contributed by atoms with van der Waals surface area (Å²) in [5, 5.41) is 8.36. The summed E-state index contributed by atoms with van der Waals surface area (Å²) in [6, 6.07) is 0. The standard InChI is InChI=1S/C11H20O2/c1-2-3-4-5-6-7-8-9-10-11(12)13/h6-7H,2-5,8-10H2,1H3,(H,12,13). The molecule has 0 heterocycles. The van der Waals surface area contributed by atoms with Crippen molar-refractivity contribution >= 4 is 5.97 Å². The van der Waals surface area contributed by atoms with Gasteiger partial charge in [0.05, 0.1) is 0 Å². The Bertz CT molecular complexity index is 150. The number of rotatable bonds is 8. The van der Waals surface area contributed by atoms with E-state index in [-0.39, 0.29) is 0 Å². The summed E-state index contributed by atoms with van der Waals surface area (Å²) in [6.07, 6.45) is 11.2. The van der Waals surface area contributed by atoms with Gasteiger partial charge in [-0.1, -0.05) is 31.9 Å². The van der Waals surface area contributed by atoms with Crippen molar-refractivity contribution in [3.8, 4) is 0 Å². The molecule has 0 saturated carbocycles. The van der Waals surface area contributed by atoms with Crippen LogP contribution >= 0.6 is 0 Å². The second-order valence-electron chi connectivity index (χ2n) is 3.25. The lowest BCUT2D eigenvalue weighted by atomic mass is 10.1. The van der Waals surface area contributed by atoms with Crippen molar-refractivity contribution in [2.24, 2.45) is 0 Å². The lowest BCUT2D eigenvalue weighted by Gasteiger charge is -1.92. The molecule has 0 aromatic heterocycles. The lowest BCUT2D eigenvalue weighted by molar-refractivity contribution is -0.137. The largest absolute Gasteiger partial charge is 0.481 e. The van der Waals surface area contributed by atoms with Gasteiger partial charge in [-0.3, -0.25) is 4.79 Å². The molecule has 0 rings (SSSR count). The topological polar surface area (TPSA) is 37.3 Å². The Hall–Kier alpha value is -0.790. The smallest absolute Gasteiger partial charge is 0.303 e. The van der Waals surface area contributed by atoms with Crippen molar-refractivity contribution in [2.45, 2.75) is 51.9 Å². The Kier molecular flexibility index (Phi) is 8.73. The maximum absolute atomic E-state index is 10.1. The minimum absolute atomic E-state index is 0.291. The quantitative estimate of drug-likeness (QED) is 0.464. The van der Waals surface area contributed by atoms with Crippen LogP contribution < -0.4 is 0 Å². The average molecular weight is 184 g/mol. The molecule has 0 unspecified atom stereocenters. The molecule has 2 heteroatoms. The second-order valence-corrected chi connectivity index (χ2v) is 3.25. The fraction of sp³-hybridized carbons (Fsp3) is 0.727. The molecule has 0 aromatic rings. The molecule has 13 heavy (non-hydrogen) atoms. The van der Waals surface area contributed by atoms with E-state index in [4.69, 9.17) is 5.11 Å². The van der Waals surface area contributed by atoms with Crippen LogP contribution in [-0.2, 0) is 4.79 Å². The van der Waals surface area contributed by atoms with Crippen LogP contribution in [-0.4, -0.2) is 11.1 Å². The van der Waals surface area contributed by atoms with Crippen molar-refractivity contribution in [1.29, 1.82) is 0 Å². The molecule has 0 spiro atoms. The number of hydrogen-bond acceptors (Lipinski definition) is 1. The van der Waals surface area contributed by atoms with Crippen LogP contribution in [0.2, 0.25) is 0 Å². The summed E-state index contributed by atoms with van der Waals surface area (Å²) in [7, 11) is 0. The first-order valence-corrected chi connectivity index (χ1v) is 5.14. The summed E-state index contributed by atoms with van der Waals surface area (Å²) in [5.74, 6) is -0.695. The average Bonchev–Trinajstić information content (AvgIpc) is 2.09. The van der Waals surface area contributed by atoms with Gasteiger partial charge in [0.25, 0.3) is 0 Å². The summed E-state index contributed by atoms with van der Waals surface area (Å²) in [4.78, 5) is 10.1. The third kappa shape index (κ3) is 11.2. The van der Waals surface area contributed by atoms with Crippen LogP contribution in [0.15, 0.2) is 12.2 Å². The molecule has 0 fully saturated rings. The zero-order valence-electron chi connectivity index (χ0n) is 8.46. The molecule has 0 aliphatic rings. The van der Waals surface area contributed by atoms with Gasteiger partial charge in [-0.15, -0.1) is 0 Å². The van der Waals surface area contributed by atoms with Crippen molar-refractivity contribution in [1.82, 2.24) is 0 Å². The molecule has 0 aliphatic heterocycles. The highest BCUT2D eigenvalue weighted by molar-refractivity contribution is 5.66. The Morgan fingerprint density at radius 3 is 2.31 bits per heavy atom. The van der Waals surface area contributed by atoms with Gasteiger partial charge in [0.2, 0.25) is 0 Å². The van der Waals surface area contributed by atoms with Crippen LogP contribution in [0.25, 0.3) is 0 Å². The van der Waals surface area contributed by atoms with E-state index in [0.717, 1.165) is 19.3 Å². The molecule has 0 aliphatic carbocycles. The highest BCUT2D eigenvalue weighted by atomic mass is 16.4. The molecule has 0 amide bonds.